The molecule has 33 heavy (non-hydrogen) atoms. The van der Waals surface area contributed by atoms with Crippen LogP contribution in [0, 0.1) is 11.6 Å². The fourth-order valence-corrected chi connectivity index (χ4v) is 2.84. The number of hydrogen-bond donors (Lipinski definition) is 2. The van der Waals surface area contributed by atoms with Crippen LogP contribution in [0.15, 0.2) is 30.3 Å². The van der Waals surface area contributed by atoms with Crippen LogP contribution >= 0.6 is 11.6 Å². The van der Waals surface area contributed by atoms with E-state index in [4.69, 9.17) is 16.3 Å². The molecule has 0 saturated carbocycles. The van der Waals surface area contributed by atoms with Gasteiger partial charge in [0.15, 0.2) is 6.10 Å². The molecule has 1 unspecified atom stereocenters. The van der Waals surface area contributed by atoms with E-state index in [0.29, 0.717) is 26.0 Å². The topological polar surface area (TPSA) is 70.7 Å². The highest BCUT2D eigenvalue weighted by atomic mass is 35.5. The Morgan fingerprint density at radius 2 is 1.82 bits per heavy atom. The number of amides is 3. The van der Waals surface area contributed by atoms with Gasteiger partial charge in [-0.15, -0.1) is 0 Å². The lowest BCUT2D eigenvalue weighted by Gasteiger charge is -2.22. The number of halogens is 6. The zero-order valence-corrected chi connectivity index (χ0v) is 18.6. The van der Waals surface area contributed by atoms with Crippen molar-refractivity contribution in [3.8, 4) is 5.75 Å². The minimum atomic E-state index is -4.80. The Bertz CT molecular complexity index is 1010. The number of carbonyl (C=O) groups excluding carboxylic acids is 2. The van der Waals surface area contributed by atoms with Gasteiger partial charge in [0.25, 0.3) is 5.91 Å². The lowest BCUT2D eigenvalue weighted by atomic mass is 10.1. The first-order valence-corrected chi connectivity index (χ1v) is 10.1. The first-order valence-electron chi connectivity index (χ1n) is 9.69. The van der Waals surface area contributed by atoms with Crippen LogP contribution in [0.3, 0.4) is 0 Å². The van der Waals surface area contributed by atoms with Gasteiger partial charge in [-0.3, -0.25) is 4.79 Å². The average molecular weight is 494 g/mol. The van der Waals surface area contributed by atoms with E-state index < -0.39 is 58.5 Å². The lowest BCUT2D eigenvalue weighted by Crippen LogP contribution is -2.33. The van der Waals surface area contributed by atoms with Gasteiger partial charge in [0.1, 0.15) is 17.4 Å². The smallest absolute Gasteiger partial charge is 0.425 e. The fourth-order valence-electron chi connectivity index (χ4n) is 2.63. The number of para-hydroxylation sites is 1. The highest BCUT2D eigenvalue weighted by Crippen LogP contribution is 2.33. The van der Waals surface area contributed by atoms with Crippen molar-refractivity contribution in [1.82, 2.24) is 4.90 Å². The van der Waals surface area contributed by atoms with Gasteiger partial charge >= 0.3 is 12.2 Å². The van der Waals surface area contributed by atoms with E-state index in [9.17, 15) is 31.5 Å². The molecule has 0 spiro atoms. The standard InChI is InChI=1S/C21H21ClF5N3O3/c1-4-8-30(3)20(32)28-16-10-17(33-11(2)21(25,26)27)12(9-15(16)24)19(31)29-18-13(22)6-5-7-14(18)23/h5-7,9-11H,4,8H2,1-3H3,(H,28,32)(H,29,31). The molecule has 2 aromatic rings. The van der Waals surface area contributed by atoms with Crippen molar-refractivity contribution < 1.29 is 36.3 Å². The SMILES string of the molecule is CCCN(C)C(=O)Nc1cc(OC(C)C(F)(F)F)c(C(=O)Nc2c(F)cccc2Cl)cc1F. The quantitative estimate of drug-likeness (QED) is 0.460. The first-order chi connectivity index (χ1) is 15.3. The number of nitrogens with one attached hydrogen (secondary N) is 2. The number of rotatable bonds is 7. The summed E-state index contributed by atoms with van der Waals surface area (Å²) in [5.41, 5.74) is -1.62. The van der Waals surface area contributed by atoms with Gasteiger partial charge in [0.05, 0.1) is 22.0 Å². The molecule has 0 aliphatic heterocycles. The van der Waals surface area contributed by atoms with Crippen LogP contribution in [0.1, 0.15) is 30.6 Å². The summed E-state index contributed by atoms with van der Waals surface area (Å²) in [4.78, 5) is 26.1. The van der Waals surface area contributed by atoms with E-state index in [-0.39, 0.29) is 5.02 Å². The number of anilines is 2. The minimum absolute atomic E-state index is 0.183. The van der Waals surface area contributed by atoms with Gasteiger partial charge in [0, 0.05) is 19.7 Å². The normalized spacial score (nSPS) is 12.2. The minimum Gasteiger partial charge on any atom is -0.480 e. The highest BCUT2D eigenvalue weighted by Gasteiger charge is 2.39. The third-order valence-electron chi connectivity index (χ3n) is 4.43. The van der Waals surface area contributed by atoms with Gasteiger partial charge in [-0.25, -0.2) is 13.6 Å². The van der Waals surface area contributed by atoms with Crippen LogP contribution in [0.2, 0.25) is 5.02 Å². The van der Waals surface area contributed by atoms with Gasteiger partial charge in [0.2, 0.25) is 0 Å². The number of benzene rings is 2. The number of nitrogens with zero attached hydrogens (tertiary/aromatic N) is 1. The molecule has 0 saturated heterocycles. The summed E-state index contributed by atoms with van der Waals surface area (Å²) in [6.45, 7) is 2.84. The average Bonchev–Trinajstić information content (AvgIpc) is 2.72. The fraction of sp³-hybridized carbons (Fsp3) is 0.333. The van der Waals surface area contributed by atoms with Crippen molar-refractivity contribution in [2.75, 3.05) is 24.2 Å². The molecule has 0 bridgehead atoms. The summed E-state index contributed by atoms with van der Waals surface area (Å²) >= 11 is 5.85. The number of alkyl halides is 3. The van der Waals surface area contributed by atoms with Crippen molar-refractivity contribution in [2.45, 2.75) is 32.5 Å². The Labute approximate surface area is 191 Å². The Morgan fingerprint density at radius 1 is 1.15 bits per heavy atom. The molecule has 2 aromatic carbocycles. The van der Waals surface area contributed by atoms with E-state index in [1.165, 1.54) is 24.1 Å². The van der Waals surface area contributed by atoms with E-state index >= 15 is 0 Å². The molecular formula is C21H21ClF5N3O3. The van der Waals surface area contributed by atoms with Crippen LogP contribution in [-0.4, -0.2) is 42.7 Å². The largest absolute Gasteiger partial charge is 0.480 e. The molecule has 0 fully saturated rings. The summed E-state index contributed by atoms with van der Waals surface area (Å²) in [6, 6.07) is 4.16. The van der Waals surface area contributed by atoms with Crippen molar-refractivity contribution in [3.63, 3.8) is 0 Å². The lowest BCUT2D eigenvalue weighted by molar-refractivity contribution is -0.189. The molecule has 3 amide bonds. The zero-order valence-electron chi connectivity index (χ0n) is 17.8. The molecule has 0 radical (unpaired) electrons. The van der Waals surface area contributed by atoms with Gasteiger partial charge in [-0.2, -0.15) is 13.2 Å². The third kappa shape index (κ3) is 6.70. The molecule has 6 nitrogen and oxygen atoms in total. The second kappa shape index (κ2) is 10.7. The highest BCUT2D eigenvalue weighted by molar-refractivity contribution is 6.34. The third-order valence-corrected chi connectivity index (χ3v) is 4.74. The van der Waals surface area contributed by atoms with E-state index in [2.05, 4.69) is 10.6 Å². The summed E-state index contributed by atoms with van der Waals surface area (Å²) in [7, 11) is 1.44. The Kier molecular flexibility index (Phi) is 8.48. The molecule has 0 aromatic heterocycles. The molecule has 0 heterocycles. The van der Waals surface area contributed by atoms with Crippen LogP contribution in [0.5, 0.6) is 5.75 Å². The number of urea groups is 1. The summed E-state index contributed by atoms with van der Waals surface area (Å²) < 4.78 is 72.7. The second-order valence-electron chi connectivity index (χ2n) is 7.03. The Balaban J connectivity index is 2.46. The predicted octanol–water partition coefficient (Wildman–Crippen LogP) is 6.07. The number of ether oxygens (including phenoxy) is 1. The number of hydrogen-bond acceptors (Lipinski definition) is 3. The Morgan fingerprint density at radius 3 is 2.39 bits per heavy atom. The van der Waals surface area contributed by atoms with Crippen LogP contribution in [0.25, 0.3) is 0 Å². The van der Waals surface area contributed by atoms with E-state index in [1.54, 1.807) is 0 Å². The molecule has 0 aliphatic rings. The van der Waals surface area contributed by atoms with E-state index in [1.807, 2.05) is 6.92 Å². The Hall–Kier alpha value is -3.08. The monoisotopic (exact) mass is 493 g/mol. The maximum atomic E-state index is 14.7. The maximum absolute atomic E-state index is 14.7. The van der Waals surface area contributed by atoms with Crippen LogP contribution < -0.4 is 15.4 Å². The summed E-state index contributed by atoms with van der Waals surface area (Å²) in [6.07, 6.45) is -6.57. The predicted molar refractivity (Wildman–Crippen MR) is 114 cm³/mol. The second-order valence-corrected chi connectivity index (χ2v) is 7.44. The number of carbonyl (C=O) groups is 2. The van der Waals surface area contributed by atoms with Crippen LogP contribution in [0.4, 0.5) is 38.1 Å². The van der Waals surface area contributed by atoms with E-state index in [0.717, 1.165) is 12.1 Å². The van der Waals surface area contributed by atoms with Crippen molar-refractivity contribution in [1.29, 1.82) is 0 Å². The molecule has 2 rings (SSSR count). The van der Waals surface area contributed by atoms with Crippen molar-refractivity contribution in [2.24, 2.45) is 0 Å². The maximum Gasteiger partial charge on any atom is 0.425 e. The van der Waals surface area contributed by atoms with Crippen molar-refractivity contribution >= 4 is 34.9 Å². The van der Waals surface area contributed by atoms with Gasteiger partial charge in [-0.05, 0) is 31.5 Å². The van der Waals surface area contributed by atoms with Gasteiger partial charge in [-0.1, -0.05) is 24.6 Å². The molecule has 0 aliphatic carbocycles. The zero-order chi connectivity index (χ0) is 24.9. The summed E-state index contributed by atoms with van der Waals surface area (Å²) in [5.74, 6) is -3.89. The molecule has 12 heteroatoms. The molecular weight excluding hydrogens is 473 g/mol. The molecule has 1 atom stereocenters. The summed E-state index contributed by atoms with van der Waals surface area (Å²) in [5, 5.41) is 4.14. The molecule has 180 valence electrons. The van der Waals surface area contributed by atoms with Crippen molar-refractivity contribution in [3.05, 3.63) is 52.6 Å². The molecule has 2 N–H and O–H groups in total. The van der Waals surface area contributed by atoms with Crippen LogP contribution in [-0.2, 0) is 0 Å². The van der Waals surface area contributed by atoms with Gasteiger partial charge < -0.3 is 20.3 Å². The first kappa shape index (κ1) is 26.2.